The van der Waals surface area contributed by atoms with E-state index in [2.05, 4.69) is 12.2 Å². The minimum absolute atomic E-state index is 0.0997. The van der Waals surface area contributed by atoms with Gasteiger partial charge in [-0.05, 0) is 67.0 Å². The number of hydrogen-bond acceptors (Lipinski definition) is 4. The number of amides is 1. The van der Waals surface area contributed by atoms with Gasteiger partial charge in [-0.2, -0.15) is 13.2 Å². The molecule has 0 saturated carbocycles. The summed E-state index contributed by atoms with van der Waals surface area (Å²) in [4.78, 5) is 14.6. The number of benzene rings is 1. The number of alkyl halides is 3. The van der Waals surface area contributed by atoms with E-state index < -0.39 is 29.3 Å². The quantitative estimate of drug-likeness (QED) is 0.619. The van der Waals surface area contributed by atoms with Gasteiger partial charge in [0.15, 0.2) is 17.2 Å². The zero-order chi connectivity index (χ0) is 23.8. The van der Waals surface area contributed by atoms with E-state index in [1.807, 2.05) is 0 Å². The van der Waals surface area contributed by atoms with Gasteiger partial charge in [-0.1, -0.05) is 12.2 Å². The average Bonchev–Trinajstić information content (AvgIpc) is 3.22. The average molecular weight is 484 g/mol. The summed E-state index contributed by atoms with van der Waals surface area (Å²) in [7, 11) is 0. The molecule has 4 rings (SSSR count). The van der Waals surface area contributed by atoms with Crippen LogP contribution in [-0.4, -0.2) is 51.6 Å². The molecule has 2 atom stereocenters. The molecule has 1 N–H and O–H groups in total. The first-order chi connectivity index (χ1) is 15.6. The summed E-state index contributed by atoms with van der Waals surface area (Å²) in [5, 5.41) is 0. The zero-order valence-electron chi connectivity index (χ0n) is 17.9. The Labute approximate surface area is 192 Å². The fraction of sp³-hybridized carbons (Fsp3) is 0.435. The predicted octanol–water partition coefficient (Wildman–Crippen LogP) is 4.62. The summed E-state index contributed by atoms with van der Waals surface area (Å²) >= 11 is -2.40. The van der Waals surface area contributed by atoms with Crippen molar-refractivity contribution in [3.05, 3.63) is 58.8 Å². The van der Waals surface area contributed by atoms with Crippen molar-refractivity contribution in [2.24, 2.45) is 5.92 Å². The lowest BCUT2D eigenvalue weighted by Crippen LogP contribution is -2.32. The first kappa shape index (κ1) is 23.7. The van der Waals surface area contributed by atoms with E-state index in [0.717, 1.165) is 56.3 Å². The molecule has 1 fully saturated rings. The van der Waals surface area contributed by atoms with Gasteiger partial charge in [0, 0.05) is 19.4 Å². The van der Waals surface area contributed by atoms with E-state index in [9.17, 15) is 26.7 Å². The molecule has 0 bridgehead atoms. The molecule has 10 heteroatoms. The summed E-state index contributed by atoms with van der Waals surface area (Å²) in [5.41, 5.74) is 2.98. The van der Waals surface area contributed by atoms with Crippen molar-refractivity contribution < 1.29 is 36.2 Å². The second-order valence-electron chi connectivity index (χ2n) is 8.26. The highest BCUT2D eigenvalue weighted by Gasteiger charge is 2.39. The van der Waals surface area contributed by atoms with E-state index >= 15 is 0 Å². The number of carbonyl (C=O) groups is 1. The number of hydrogen-bond donors (Lipinski definition) is 1. The lowest BCUT2D eigenvalue weighted by Gasteiger charge is -2.25. The van der Waals surface area contributed by atoms with E-state index in [1.54, 1.807) is 6.20 Å². The van der Waals surface area contributed by atoms with Crippen LogP contribution in [0.4, 0.5) is 13.2 Å². The maximum Gasteiger partial charge on any atom is 0.425 e. The third-order valence-electron chi connectivity index (χ3n) is 6.06. The molecule has 6 nitrogen and oxygen atoms in total. The molecule has 2 aliphatic heterocycles. The van der Waals surface area contributed by atoms with Crippen LogP contribution in [-0.2, 0) is 15.8 Å². The van der Waals surface area contributed by atoms with Crippen molar-refractivity contribution >= 4 is 17.0 Å². The number of halogens is 3. The minimum atomic E-state index is -4.62. The van der Waals surface area contributed by atoms with E-state index in [1.165, 1.54) is 16.5 Å². The van der Waals surface area contributed by atoms with Crippen LogP contribution >= 0.6 is 0 Å². The molecule has 1 aromatic rings. The Kier molecular flexibility index (Phi) is 6.78. The standard InChI is InChI=1S/C23H24F3NO5S/c1-14(23(24,25)26)32-21-5-4-19(33(29)30)11-20(21)22(28)27-12-17-3-2-16(10-18(17)13-27)15-6-8-31-9-7-15/h2,4-5,10-12,14-15H,3,6-9,13H2,1H3,(H,29,30)/t14-/m0/s1. The third kappa shape index (κ3) is 5.23. The highest BCUT2D eigenvalue weighted by molar-refractivity contribution is 7.79. The SMILES string of the molecule is C[C@H](Oc1ccc(S(=O)O)cc1C(=O)N1C=C2CC=C(C3CCOCC3)C=C2C1)C(F)(F)F. The lowest BCUT2D eigenvalue weighted by molar-refractivity contribution is -0.189. The van der Waals surface area contributed by atoms with Crippen molar-refractivity contribution in [3.63, 3.8) is 0 Å². The summed E-state index contributed by atoms with van der Waals surface area (Å²) in [6.45, 7) is 2.56. The van der Waals surface area contributed by atoms with Crippen LogP contribution < -0.4 is 4.74 Å². The molecule has 1 aromatic carbocycles. The molecule has 1 aliphatic carbocycles. The van der Waals surface area contributed by atoms with Crippen LogP contribution in [0.15, 0.2) is 58.2 Å². The molecule has 1 amide bonds. The van der Waals surface area contributed by atoms with Gasteiger partial charge < -0.3 is 18.9 Å². The first-order valence-electron chi connectivity index (χ1n) is 10.6. The summed E-state index contributed by atoms with van der Waals surface area (Å²) in [6.07, 6.45) is 1.70. The molecular formula is C23H24F3NO5S. The monoisotopic (exact) mass is 483 g/mol. The maximum absolute atomic E-state index is 13.3. The van der Waals surface area contributed by atoms with Crippen molar-refractivity contribution in [1.82, 2.24) is 4.90 Å². The highest BCUT2D eigenvalue weighted by atomic mass is 32.2. The first-order valence-corrected chi connectivity index (χ1v) is 11.7. The Morgan fingerprint density at radius 3 is 2.67 bits per heavy atom. The smallest absolute Gasteiger partial charge is 0.425 e. The lowest BCUT2D eigenvalue weighted by atomic mass is 9.85. The van der Waals surface area contributed by atoms with Gasteiger partial charge >= 0.3 is 6.18 Å². The van der Waals surface area contributed by atoms with Gasteiger partial charge in [-0.15, -0.1) is 0 Å². The molecule has 3 aliphatic rings. The molecule has 1 saturated heterocycles. The van der Waals surface area contributed by atoms with Crippen LogP contribution in [0.2, 0.25) is 0 Å². The largest absolute Gasteiger partial charge is 0.480 e. The molecular weight excluding hydrogens is 459 g/mol. The zero-order valence-corrected chi connectivity index (χ0v) is 18.7. The number of nitrogens with zero attached hydrogens (tertiary/aromatic N) is 1. The minimum Gasteiger partial charge on any atom is -0.480 e. The summed E-state index contributed by atoms with van der Waals surface area (Å²) in [5.74, 6) is -0.470. The molecule has 178 valence electrons. The summed E-state index contributed by atoms with van der Waals surface area (Å²) in [6, 6.07) is 3.40. The molecule has 0 spiro atoms. The third-order valence-corrected chi connectivity index (χ3v) is 6.72. The van der Waals surface area contributed by atoms with E-state index in [0.29, 0.717) is 12.3 Å². The molecule has 2 heterocycles. The molecule has 0 radical (unpaired) electrons. The molecule has 33 heavy (non-hydrogen) atoms. The van der Waals surface area contributed by atoms with Gasteiger partial charge in [0.25, 0.3) is 5.91 Å². The maximum atomic E-state index is 13.3. The predicted molar refractivity (Wildman–Crippen MR) is 115 cm³/mol. The van der Waals surface area contributed by atoms with Crippen LogP contribution in [0.1, 0.15) is 36.5 Å². The van der Waals surface area contributed by atoms with E-state index in [4.69, 9.17) is 9.47 Å². The van der Waals surface area contributed by atoms with Crippen LogP contribution in [0.25, 0.3) is 0 Å². The second kappa shape index (κ2) is 9.44. The van der Waals surface area contributed by atoms with E-state index in [-0.39, 0.29) is 22.8 Å². The van der Waals surface area contributed by atoms with Crippen LogP contribution in [0.3, 0.4) is 0 Å². The van der Waals surface area contributed by atoms with Crippen molar-refractivity contribution in [1.29, 1.82) is 0 Å². The molecule has 0 aromatic heterocycles. The fourth-order valence-electron chi connectivity index (χ4n) is 4.16. The Morgan fingerprint density at radius 2 is 2.00 bits per heavy atom. The number of allylic oxidation sites excluding steroid dienone is 3. The Hall–Kier alpha value is -2.43. The van der Waals surface area contributed by atoms with Gasteiger partial charge in [0.05, 0.1) is 17.0 Å². The van der Waals surface area contributed by atoms with Gasteiger partial charge in [-0.3, -0.25) is 4.79 Å². The van der Waals surface area contributed by atoms with Gasteiger partial charge in [-0.25, -0.2) is 4.21 Å². The molecule has 1 unspecified atom stereocenters. The normalized spacial score (nSPS) is 21.0. The highest BCUT2D eigenvalue weighted by Crippen LogP contribution is 2.36. The van der Waals surface area contributed by atoms with Crippen molar-refractivity contribution in [2.75, 3.05) is 19.8 Å². The Balaban J connectivity index is 1.57. The fourth-order valence-corrected chi connectivity index (χ4v) is 4.56. The number of carbonyl (C=O) groups excluding carboxylic acids is 1. The second-order valence-corrected chi connectivity index (χ2v) is 9.23. The number of rotatable bonds is 5. The summed E-state index contributed by atoms with van der Waals surface area (Å²) < 4.78 is 70.5. The number of fused-ring (bicyclic) bond motifs is 1. The number of ether oxygens (including phenoxy) is 2. The Bertz CT molecular complexity index is 1060. The Morgan fingerprint density at radius 1 is 1.27 bits per heavy atom. The van der Waals surface area contributed by atoms with Crippen molar-refractivity contribution in [2.45, 2.75) is 43.4 Å². The van der Waals surface area contributed by atoms with Crippen molar-refractivity contribution in [3.8, 4) is 5.75 Å². The van der Waals surface area contributed by atoms with Gasteiger partial charge in [0.1, 0.15) is 5.75 Å². The van der Waals surface area contributed by atoms with Crippen LogP contribution in [0, 0.1) is 5.92 Å². The van der Waals surface area contributed by atoms with Crippen LogP contribution in [0.5, 0.6) is 5.75 Å². The van der Waals surface area contributed by atoms with Gasteiger partial charge in [0.2, 0.25) is 0 Å². The topological polar surface area (TPSA) is 76.1 Å².